The SMILES string of the molecule is CSc1ccc(OCC(C)(C)NCCCn2ccnc2)cc1.Cl.Cl.O. The number of hydrogen-bond donors (Lipinski definition) is 1. The van der Waals surface area contributed by atoms with Crippen molar-refractivity contribution >= 4 is 36.6 Å². The van der Waals surface area contributed by atoms with E-state index in [-0.39, 0.29) is 35.8 Å². The standard InChI is InChI=1S/C17H25N3OS.2ClH.H2O/c1-17(2,19-9-4-11-20-12-10-18-14-20)13-21-15-5-7-16(22-3)8-6-15;;;/h5-8,10,12,14,19H,4,9,11,13H2,1-3H3;2*1H;1H2. The largest absolute Gasteiger partial charge is 0.492 e. The lowest BCUT2D eigenvalue weighted by atomic mass is 10.1. The van der Waals surface area contributed by atoms with Crippen LogP contribution in [-0.4, -0.2) is 40.0 Å². The predicted octanol–water partition coefficient (Wildman–Crippen LogP) is 3.46. The van der Waals surface area contributed by atoms with Crippen molar-refractivity contribution in [2.45, 2.75) is 37.2 Å². The average Bonchev–Trinajstić information content (AvgIpc) is 3.04. The van der Waals surface area contributed by atoms with Gasteiger partial charge in [0.15, 0.2) is 0 Å². The zero-order chi connectivity index (χ0) is 15.8. The van der Waals surface area contributed by atoms with Crippen LogP contribution in [0, 0.1) is 0 Å². The molecule has 0 spiro atoms. The van der Waals surface area contributed by atoms with Crippen LogP contribution in [0.25, 0.3) is 0 Å². The molecule has 1 heterocycles. The normalized spacial score (nSPS) is 10.2. The maximum atomic E-state index is 5.89. The lowest BCUT2D eigenvalue weighted by molar-refractivity contribution is 0.207. The molecular weight excluding hydrogens is 381 g/mol. The molecule has 0 saturated heterocycles. The zero-order valence-corrected chi connectivity index (χ0v) is 17.3. The molecule has 0 aliphatic heterocycles. The van der Waals surface area contributed by atoms with E-state index in [1.807, 2.05) is 30.9 Å². The first-order chi connectivity index (χ1) is 10.6. The Morgan fingerprint density at radius 3 is 2.44 bits per heavy atom. The van der Waals surface area contributed by atoms with Crippen molar-refractivity contribution in [2.75, 3.05) is 19.4 Å². The first-order valence-electron chi connectivity index (χ1n) is 7.57. The van der Waals surface area contributed by atoms with E-state index >= 15 is 0 Å². The number of ether oxygens (including phenoxy) is 1. The molecule has 0 aliphatic rings. The summed E-state index contributed by atoms with van der Waals surface area (Å²) >= 11 is 1.74. The summed E-state index contributed by atoms with van der Waals surface area (Å²) < 4.78 is 7.98. The number of nitrogens with one attached hydrogen (secondary N) is 1. The summed E-state index contributed by atoms with van der Waals surface area (Å²) in [7, 11) is 0. The number of aromatic nitrogens is 2. The third-order valence-corrected chi connectivity index (χ3v) is 4.16. The zero-order valence-electron chi connectivity index (χ0n) is 14.9. The van der Waals surface area contributed by atoms with E-state index in [9.17, 15) is 0 Å². The van der Waals surface area contributed by atoms with Crippen molar-refractivity contribution in [3.8, 4) is 5.75 Å². The average molecular weight is 410 g/mol. The van der Waals surface area contributed by atoms with Gasteiger partial charge in [-0.3, -0.25) is 0 Å². The third kappa shape index (κ3) is 9.97. The lowest BCUT2D eigenvalue weighted by Gasteiger charge is -2.26. The molecule has 0 amide bonds. The molecule has 3 N–H and O–H groups in total. The minimum Gasteiger partial charge on any atom is -0.492 e. The second-order valence-electron chi connectivity index (χ2n) is 5.93. The minimum absolute atomic E-state index is 0. The number of thioether (sulfide) groups is 1. The molecule has 5 nitrogen and oxygen atoms in total. The highest BCUT2D eigenvalue weighted by Gasteiger charge is 2.17. The Bertz CT molecular complexity index is 552. The van der Waals surface area contributed by atoms with Crippen LogP contribution in [0.2, 0.25) is 0 Å². The summed E-state index contributed by atoms with van der Waals surface area (Å²) in [6.45, 7) is 6.93. The highest BCUT2D eigenvalue weighted by molar-refractivity contribution is 7.98. The number of nitrogens with zero attached hydrogens (tertiary/aromatic N) is 2. The van der Waals surface area contributed by atoms with Crippen LogP contribution in [0.5, 0.6) is 5.75 Å². The van der Waals surface area contributed by atoms with Crippen LogP contribution in [0.4, 0.5) is 0 Å². The maximum Gasteiger partial charge on any atom is 0.119 e. The van der Waals surface area contributed by atoms with Gasteiger partial charge in [-0.2, -0.15) is 0 Å². The highest BCUT2D eigenvalue weighted by Crippen LogP contribution is 2.19. The quantitative estimate of drug-likeness (QED) is 0.508. The molecule has 8 heteroatoms. The van der Waals surface area contributed by atoms with Gasteiger partial charge in [0, 0.05) is 29.4 Å². The maximum absolute atomic E-state index is 5.89. The van der Waals surface area contributed by atoms with Crippen molar-refractivity contribution in [1.29, 1.82) is 0 Å². The molecule has 0 aliphatic carbocycles. The van der Waals surface area contributed by atoms with Crippen molar-refractivity contribution in [3.63, 3.8) is 0 Å². The Morgan fingerprint density at radius 2 is 1.88 bits per heavy atom. The molecule has 25 heavy (non-hydrogen) atoms. The van der Waals surface area contributed by atoms with E-state index in [1.54, 1.807) is 11.8 Å². The van der Waals surface area contributed by atoms with Gasteiger partial charge in [0.25, 0.3) is 0 Å². The van der Waals surface area contributed by atoms with Crippen molar-refractivity contribution in [2.24, 2.45) is 0 Å². The first kappa shape index (κ1) is 26.3. The fourth-order valence-corrected chi connectivity index (χ4v) is 2.50. The molecule has 2 aromatic rings. The van der Waals surface area contributed by atoms with Crippen LogP contribution in [-0.2, 0) is 6.54 Å². The summed E-state index contributed by atoms with van der Waals surface area (Å²) in [4.78, 5) is 5.30. The number of aryl methyl sites for hydroxylation is 1. The van der Waals surface area contributed by atoms with E-state index in [2.05, 4.69) is 47.1 Å². The topological polar surface area (TPSA) is 70.6 Å². The van der Waals surface area contributed by atoms with Crippen molar-refractivity contribution in [3.05, 3.63) is 43.0 Å². The van der Waals surface area contributed by atoms with Crippen LogP contribution in [0.1, 0.15) is 20.3 Å². The number of imidazole rings is 1. The summed E-state index contributed by atoms with van der Waals surface area (Å²) in [5.41, 5.74) is -0.0485. The smallest absolute Gasteiger partial charge is 0.119 e. The Kier molecular flexibility index (Phi) is 14.0. The van der Waals surface area contributed by atoms with Gasteiger partial charge >= 0.3 is 0 Å². The molecule has 0 fully saturated rings. The fraction of sp³-hybridized carbons (Fsp3) is 0.471. The number of hydrogen-bond acceptors (Lipinski definition) is 4. The van der Waals surface area contributed by atoms with Crippen LogP contribution in [0.15, 0.2) is 47.9 Å². The van der Waals surface area contributed by atoms with Crippen LogP contribution >= 0.6 is 36.6 Å². The molecule has 1 aromatic heterocycles. The Labute approximate surface area is 167 Å². The van der Waals surface area contributed by atoms with Gasteiger partial charge in [0.1, 0.15) is 12.4 Å². The molecule has 2 rings (SSSR count). The van der Waals surface area contributed by atoms with Gasteiger partial charge in [0.2, 0.25) is 0 Å². The van der Waals surface area contributed by atoms with E-state index in [4.69, 9.17) is 4.74 Å². The summed E-state index contributed by atoms with van der Waals surface area (Å²) in [5, 5.41) is 3.55. The predicted molar refractivity (Wildman–Crippen MR) is 111 cm³/mol. The Morgan fingerprint density at radius 1 is 1.20 bits per heavy atom. The molecule has 0 atom stereocenters. The number of rotatable bonds is 9. The number of halogens is 2. The van der Waals surface area contributed by atoms with Crippen molar-refractivity contribution in [1.82, 2.24) is 14.9 Å². The summed E-state index contributed by atoms with van der Waals surface area (Å²) in [6.07, 6.45) is 8.81. The van der Waals surface area contributed by atoms with Gasteiger partial charge in [-0.05, 0) is 57.3 Å². The highest BCUT2D eigenvalue weighted by atomic mass is 35.5. The number of benzene rings is 1. The monoisotopic (exact) mass is 409 g/mol. The lowest BCUT2D eigenvalue weighted by Crippen LogP contribution is -2.45. The summed E-state index contributed by atoms with van der Waals surface area (Å²) in [5.74, 6) is 0.922. The Balaban J connectivity index is 0. The van der Waals surface area contributed by atoms with Gasteiger partial charge in [-0.25, -0.2) is 4.98 Å². The van der Waals surface area contributed by atoms with Gasteiger partial charge in [0.05, 0.1) is 6.33 Å². The van der Waals surface area contributed by atoms with Gasteiger partial charge in [-0.15, -0.1) is 36.6 Å². The second kappa shape index (κ2) is 13.3. The molecule has 0 saturated carbocycles. The van der Waals surface area contributed by atoms with Crippen LogP contribution < -0.4 is 10.1 Å². The molecule has 144 valence electrons. The fourth-order valence-electron chi connectivity index (χ4n) is 2.09. The molecule has 0 unspecified atom stereocenters. The molecular formula is C17H29Cl2N3O2S. The van der Waals surface area contributed by atoms with Gasteiger partial charge < -0.3 is 20.1 Å². The van der Waals surface area contributed by atoms with Gasteiger partial charge in [-0.1, -0.05) is 0 Å². The summed E-state index contributed by atoms with van der Waals surface area (Å²) in [6, 6.07) is 8.24. The van der Waals surface area contributed by atoms with E-state index < -0.39 is 0 Å². The Hall–Kier alpha value is -0.920. The van der Waals surface area contributed by atoms with Crippen LogP contribution in [0.3, 0.4) is 0 Å². The second-order valence-corrected chi connectivity index (χ2v) is 6.81. The minimum atomic E-state index is -0.0485. The molecule has 0 bridgehead atoms. The van der Waals surface area contributed by atoms with E-state index in [1.165, 1.54) is 4.90 Å². The third-order valence-electron chi connectivity index (χ3n) is 3.41. The molecule has 0 radical (unpaired) electrons. The van der Waals surface area contributed by atoms with E-state index in [0.717, 1.165) is 25.3 Å². The first-order valence-corrected chi connectivity index (χ1v) is 8.79. The van der Waals surface area contributed by atoms with Crippen molar-refractivity contribution < 1.29 is 10.2 Å². The molecule has 1 aromatic carbocycles. The van der Waals surface area contributed by atoms with E-state index in [0.29, 0.717) is 6.61 Å².